The summed E-state index contributed by atoms with van der Waals surface area (Å²) in [5.41, 5.74) is 8.88. The van der Waals surface area contributed by atoms with Gasteiger partial charge in [0.1, 0.15) is 12.2 Å². The number of carbonyl (C=O) groups excluding carboxylic acids is 1. The molecule has 24 heavy (non-hydrogen) atoms. The first-order valence-electron chi connectivity index (χ1n) is 7.89. The van der Waals surface area contributed by atoms with E-state index in [-0.39, 0.29) is 6.61 Å². The number of ether oxygens (including phenoxy) is 4. The monoisotopic (exact) mass is 359 g/mol. The summed E-state index contributed by atoms with van der Waals surface area (Å²) in [4.78, 5) is 14.2. The first-order chi connectivity index (χ1) is 11.0. The third-order valence-corrected chi connectivity index (χ3v) is 4.63. The van der Waals surface area contributed by atoms with Gasteiger partial charge in [0.15, 0.2) is 20.2 Å². The van der Waals surface area contributed by atoms with Gasteiger partial charge < -0.3 is 23.4 Å². The van der Waals surface area contributed by atoms with Crippen LogP contribution in [0.1, 0.15) is 20.8 Å². The highest BCUT2D eigenvalue weighted by atomic mass is 28.4. The Morgan fingerprint density at radius 2 is 1.96 bits per heavy atom. The molecule has 0 bridgehead atoms. The van der Waals surface area contributed by atoms with Gasteiger partial charge >= 0.3 is 5.97 Å². The summed E-state index contributed by atoms with van der Waals surface area (Å²) < 4.78 is 28.5. The predicted octanol–water partition coefficient (Wildman–Crippen LogP) is 2.32. The van der Waals surface area contributed by atoms with Crippen LogP contribution < -0.4 is 0 Å². The molecule has 2 aliphatic heterocycles. The normalized spacial score (nSPS) is 32.8. The molecule has 9 nitrogen and oxygen atoms in total. The number of azide groups is 1. The second-order valence-corrected chi connectivity index (χ2v) is 11.9. The molecule has 0 aromatic rings. The average molecular weight is 359 g/mol. The Bertz CT molecular complexity index is 531. The van der Waals surface area contributed by atoms with Crippen LogP contribution >= 0.6 is 0 Å². The Labute approximate surface area is 142 Å². The molecule has 0 amide bonds. The lowest BCUT2D eigenvalue weighted by molar-refractivity contribution is -0.233. The Kier molecular flexibility index (Phi) is 5.58. The van der Waals surface area contributed by atoms with Crippen LogP contribution in [0.3, 0.4) is 0 Å². The fourth-order valence-electron chi connectivity index (χ4n) is 2.76. The summed E-state index contributed by atoms with van der Waals surface area (Å²) in [6.45, 7) is 11.2. The number of hydrogen-bond donors (Lipinski definition) is 0. The van der Waals surface area contributed by atoms with Crippen LogP contribution in [-0.4, -0.2) is 57.3 Å². The number of esters is 1. The van der Waals surface area contributed by atoms with Crippen LogP contribution in [0.2, 0.25) is 19.6 Å². The molecule has 2 fully saturated rings. The van der Waals surface area contributed by atoms with Gasteiger partial charge in [0.25, 0.3) is 0 Å². The first-order valence-corrected chi connectivity index (χ1v) is 11.3. The van der Waals surface area contributed by atoms with E-state index >= 15 is 0 Å². The Hall–Kier alpha value is -1.16. The molecule has 2 heterocycles. The van der Waals surface area contributed by atoms with Crippen LogP contribution in [0.4, 0.5) is 0 Å². The minimum absolute atomic E-state index is 0.213. The van der Waals surface area contributed by atoms with Gasteiger partial charge in [-0.1, -0.05) is 5.11 Å². The van der Waals surface area contributed by atoms with E-state index in [9.17, 15) is 4.79 Å². The largest absolute Gasteiger partial charge is 0.433 e. The second-order valence-electron chi connectivity index (χ2n) is 7.34. The lowest BCUT2D eigenvalue weighted by Gasteiger charge is -2.28. The number of nitrogens with zero attached hydrogens (tertiary/aromatic N) is 3. The SMILES string of the molecule is CC(=O)O[C@H]1O[C@H]([C@@H](CO[Si](C)(C)C)N=[N+]=[N-])[C@@H]2OC(C)(C)O[C@H]12. The minimum Gasteiger partial charge on any atom is -0.433 e. The highest BCUT2D eigenvalue weighted by Crippen LogP contribution is 2.40. The smallest absolute Gasteiger partial charge is 0.305 e. The summed E-state index contributed by atoms with van der Waals surface area (Å²) in [5.74, 6) is -1.32. The number of hydrogen-bond acceptors (Lipinski definition) is 7. The number of carbonyl (C=O) groups is 1. The van der Waals surface area contributed by atoms with E-state index < -0.39 is 50.7 Å². The molecular weight excluding hydrogens is 334 g/mol. The summed E-state index contributed by atoms with van der Waals surface area (Å²) in [5, 5.41) is 3.81. The lowest BCUT2D eigenvalue weighted by atomic mass is 10.1. The van der Waals surface area contributed by atoms with Crippen molar-refractivity contribution in [3.05, 3.63) is 10.4 Å². The maximum absolute atomic E-state index is 11.3. The maximum Gasteiger partial charge on any atom is 0.305 e. The molecule has 2 aliphatic rings. The van der Waals surface area contributed by atoms with Gasteiger partial charge in [-0.2, -0.15) is 0 Å². The zero-order valence-electron chi connectivity index (χ0n) is 14.9. The number of rotatable bonds is 6. The standard InChI is InChI=1S/C14H25N3O6Si/c1-8(18)20-13-12-11(22-14(2,3)23-12)10(21-13)9(16-17-15)7-19-24(4,5)6/h9-13H,7H2,1-6H3/t9-,10-,11+,12+,13+/m1/s1. The fourth-order valence-corrected chi connectivity index (χ4v) is 3.43. The Morgan fingerprint density at radius 1 is 1.33 bits per heavy atom. The van der Waals surface area contributed by atoms with Crippen molar-refractivity contribution in [3.8, 4) is 0 Å². The van der Waals surface area contributed by atoms with Crippen molar-refractivity contribution in [3.63, 3.8) is 0 Å². The van der Waals surface area contributed by atoms with Crippen LogP contribution in [-0.2, 0) is 28.2 Å². The molecule has 2 rings (SSSR count). The molecule has 0 N–H and O–H groups in total. The molecule has 0 spiro atoms. The average Bonchev–Trinajstić information content (AvgIpc) is 2.88. The van der Waals surface area contributed by atoms with E-state index in [0.29, 0.717) is 0 Å². The van der Waals surface area contributed by atoms with Gasteiger partial charge in [0.05, 0.1) is 6.04 Å². The summed E-state index contributed by atoms with van der Waals surface area (Å²) in [6.07, 6.45) is -2.60. The summed E-state index contributed by atoms with van der Waals surface area (Å²) in [6, 6.07) is -0.604. The van der Waals surface area contributed by atoms with E-state index in [1.54, 1.807) is 13.8 Å². The molecule has 5 atom stereocenters. The van der Waals surface area contributed by atoms with Crippen molar-refractivity contribution < 1.29 is 28.2 Å². The highest BCUT2D eigenvalue weighted by molar-refractivity contribution is 6.69. The Morgan fingerprint density at radius 3 is 2.50 bits per heavy atom. The van der Waals surface area contributed by atoms with Crippen LogP contribution in [0.25, 0.3) is 10.4 Å². The topological polar surface area (TPSA) is 112 Å². The first kappa shape index (κ1) is 19.2. The van der Waals surface area contributed by atoms with Crippen molar-refractivity contribution >= 4 is 14.3 Å². The van der Waals surface area contributed by atoms with E-state index in [0.717, 1.165) is 0 Å². The molecular formula is C14H25N3O6Si. The molecule has 0 unspecified atom stereocenters. The van der Waals surface area contributed by atoms with Gasteiger partial charge in [-0.15, -0.1) is 0 Å². The molecule has 0 aromatic carbocycles. The molecule has 0 aromatic heterocycles. The fraction of sp³-hybridized carbons (Fsp3) is 0.929. The lowest BCUT2D eigenvalue weighted by Crippen LogP contribution is -2.42. The molecule has 10 heteroatoms. The van der Waals surface area contributed by atoms with Gasteiger partial charge in [-0.05, 0) is 39.0 Å². The van der Waals surface area contributed by atoms with Gasteiger partial charge in [0.2, 0.25) is 6.29 Å². The third kappa shape index (κ3) is 4.68. The van der Waals surface area contributed by atoms with E-state index in [2.05, 4.69) is 10.0 Å². The van der Waals surface area contributed by atoms with E-state index in [1.807, 2.05) is 19.6 Å². The molecule has 136 valence electrons. The van der Waals surface area contributed by atoms with Crippen molar-refractivity contribution in [2.75, 3.05) is 6.61 Å². The summed E-state index contributed by atoms with van der Waals surface area (Å²) >= 11 is 0. The zero-order chi connectivity index (χ0) is 18.1. The Balaban J connectivity index is 2.19. The van der Waals surface area contributed by atoms with E-state index in [4.69, 9.17) is 28.9 Å². The quantitative estimate of drug-likeness (QED) is 0.236. The summed E-state index contributed by atoms with van der Waals surface area (Å²) in [7, 11) is -1.80. The molecule has 0 radical (unpaired) electrons. The zero-order valence-corrected chi connectivity index (χ0v) is 15.9. The second kappa shape index (κ2) is 6.99. The molecule has 0 saturated carbocycles. The predicted molar refractivity (Wildman–Crippen MR) is 86.5 cm³/mol. The van der Waals surface area contributed by atoms with E-state index in [1.165, 1.54) is 6.92 Å². The van der Waals surface area contributed by atoms with Crippen molar-refractivity contribution in [1.29, 1.82) is 0 Å². The maximum atomic E-state index is 11.3. The molecule has 0 aliphatic carbocycles. The van der Waals surface area contributed by atoms with Gasteiger partial charge in [-0.3, -0.25) is 4.79 Å². The minimum atomic E-state index is -1.80. The van der Waals surface area contributed by atoms with Gasteiger partial charge in [-0.25, -0.2) is 0 Å². The number of fused-ring (bicyclic) bond motifs is 1. The van der Waals surface area contributed by atoms with Gasteiger partial charge in [0, 0.05) is 18.4 Å². The van der Waals surface area contributed by atoms with Crippen molar-refractivity contribution in [2.45, 2.75) is 76.8 Å². The van der Waals surface area contributed by atoms with Crippen molar-refractivity contribution in [1.82, 2.24) is 0 Å². The van der Waals surface area contributed by atoms with Crippen LogP contribution in [0, 0.1) is 0 Å². The van der Waals surface area contributed by atoms with Crippen molar-refractivity contribution in [2.24, 2.45) is 5.11 Å². The molecule has 2 saturated heterocycles. The third-order valence-electron chi connectivity index (χ3n) is 3.60. The van der Waals surface area contributed by atoms with Crippen LogP contribution in [0.15, 0.2) is 5.11 Å². The highest BCUT2D eigenvalue weighted by Gasteiger charge is 2.58. The van der Waals surface area contributed by atoms with Crippen LogP contribution in [0.5, 0.6) is 0 Å².